The molecule has 4 heteroatoms. The summed E-state index contributed by atoms with van der Waals surface area (Å²) >= 11 is 3.66. The number of hydrogen-bond donors (Lipinski definition) is 1. The van der Waals surface area contributed by atoms with Crippen LogP contribution in [-0.4, -0.2) is 35.7 Å². The smallest absolute Gasteiger partial charge is 0.0757 e. The summed E-state index contributed by atoms with van der Waals surface area (Å²) in [5.74, 6) is 0. The van der Waals surface area contributed by atoms with Crippen LogP contribution in [0.4, 0.5) is 0 Å². The fourth-order valence-electron chi connectivity index (χ4n) is 3.24. The highest BCUT2D eigenvalue weighted by Crippen LogP contribution is 2.34. The van der Waals surface area contributed by atoms with Crippen LogP contribution in [0.15, 0.2) is 28.7 Å². The topological polar surface area (TPSA) is 38.5 Å². The van der Waals surface area contributed by atoms with Gasteiger partial charge in [-0.2, -0.15) is 0 Å². The molecule has 0 bridgehead atoms. The van der Waals surface area contributed by atoms with Crippen LogP contribution in [0.25, 0.3) is 0 Å². The predicted molar refractivity (Wildman–Crippen MR) is 86.7 cm³/mol. The number of ether oxygens (including phenoxy) is 1. The van der Waals surface area contributed by atoms with Crippen molar-refractivity contribution in [3.63, 3.8) is 0 Å². The summed E-state index contributed by atoms with van der Waals surface area (Å²) in [4.78, 5) is 2.46. The summed E-state index contributed by atoms with van der Waals surface area (Å²) in [6.07, 6.45) is 0.225. The lowest BCUT2D eigenvalue weighted by Crippen LogP contribution is -2.55. The molecule has 0 radical (unpaired) electrons. The lowest BCUT2D eigenvalue weighted by atomic mass is 9.95. The minimum Gasteiger partial charge on any atom is -0.370 e. The predicted octanol–water partition coefficient (Wildman–Crippen LogP) is 3.34. The number of nitrogens with two attached hydrogens (primary N) is 1. The van der Waals surface area contributed by atoms with Gasteiger partial charge in [-0.15, -0.1) is 0 Å². The van der Waals surface area contributed by atoms with Gasteiger partial charge in [-0.05, 0) is 39.3 Å². The number of morpholine rings is 1. The van der Waals surface area contributed by atoms with Gasteiger partial charge in [0, 0.05) is 23.6 Å². The van der Waals surface area contributed by atoms with Crippen LogP contribution >= 0.6 is 15.9 Å². The van der Waals surface area contributed by atoms with Gasteiger partial charge in [0.1, 0.15) is 0 Å². The van der Waals surface area contributed by atoms with Crippen molar-refractivity contribution in [2.75, 3.05) is 13.1 Å². The average molecular weight is 341 g/mol. The van der Waals surface area contributed by atoms with E-state index in [2.05, 4.69) is 66.7 Å². The van der Waals surface area contributed by atoms with Gasteiger partial charge >= 0.3 is 0 Å². The van der Waals surface area contributed by atoms with Crippen molar-refractivity contribution in [2.45, 2.75) is 51.5 Å². The second-order valence-electron chi connectivity index (χ2n) is 6.44. The van der Waals surface area contributed by atoms with Crippen molar-refractivity contribution < 1.29 is 4.74 Å². The van der Waals surface area contributed by atoms with E-state index in [1.165, 1.54) is 5.56 Å². The minimum atomic E-state index is -0.133. The molecule has 0 spiro atoms. The number of hydrogen-bond acceptors (Lipinski definition) is 3. The number of halogens is 1. The molecule has 3 nitrogen and oxygen atoms in total. The lowest BCUT2D eigenvalue weighted by molar-refractivity contribution is -0.140. The minimum absolute atomic E-state index is 0.0646. The molecule has 0 saturated carbocycles. The first-order valence-corrected chi connectivity index (χ1v) is 8.01. The Labute approximate surface area is 130 Å². The largest absolute Gasteiger partial charge is 0.370 e. The van der Waals surface area contributed by atoms with E-state index in [0.717, 1.165) is 17.6 Å². The summed E-state index contributed by atoms with van der Waals surface area (Å²) < 4.78 is 7.13. The average Bonchev–Trinajstić information content (AvgIpc) is 2.28. The molecule has 112 valence electrons. The van der Waals surface area contributed by atoms with E-state index >= 15 is 0 Å². The molecular weight excluding hydrogens is 316 g/mol. The zero-order valence-electron chi connectivity index (χ0n) is 12.8. The Kier molecular flexibility index (Phi) is 4.90. The normalized spacial score (nSPS) is 26.2. The summed E-state index contributed by atoms with van der Waals surface area (Å²) in [6, 6.07) is 8.62. The molecule has 0 aliphatic carbocycles. The number of benzene rings is 1. The summed E-state index contributed by atoms with van der Waals surface area (Å²) in [5, 5.41) is 0. The zero-order chi connectivity index (χ0) is 14.9. The maximum atomic E-state index is 6.30. The molecule has 0 amide bonds. The molecule has 2 rings (SSSR count). The van der Waals surface area contributed by atoms with Gasteiger partial charge in [0.15, 0.2) is 0 Å². The van der Waals surface area contributed by atoms with Gasteiger partial charge in [-0.1, -0.05) is 34.1 Å². The zero-order valence-corrected chi connectivity index (χ0v) is 14.4. The Hall–Kier alpha value is -0.420. The summed E-state index contributed by atoms with van der Waals surface area (Å²) in [6.45, 7) is 10.3. The van der Waals surface area contributed by atoms with E-state index in [1.54, 1.807) is 0 Å². The molecule has 1 aromatic carbocycles. The molecule has 1 aliphatic rings. The second-order valence-corrected chi connectivity index (χ2v) is 7.30. The quantitative estimate of drug-likeness (QED) is 0.916. The van der Waals surface area contributed by atoms with Gasteiger partial charge in [0.05, 0.1) is 17.7 Å². The first-order valence-electron chi connectivity index (χ1n) is 7.22. The summed E-state index contributed by atoms with van der Waals surface area (Å²) in [7, 11) is 0. The Morgan fingerprint density at radius 3 is 2.60 bits per heavy atom. The number of rotatable bonds is 3. The molecule has 1 aliphatic heterocycles. The first kappa shape index (κ1) is 16.0. The summed E-state index contributed by atoms with van der Waals surface area (Å²) in [5.41, 5.74) is 7.42. The first-order chi connectivity index (χ1) is 9.30. The van der Waals surface area contributed by atoms with Gasteiger partial charge in [0.25, 0.3) is 0 Å². The Bertz CT molecular complexity index is 462. The SMILES string of the molecule is CC1CN(C(c2ccccc2Br)C(C)N)CC(C)(C)O1. The Morgan fingerprint density at radius 1 is 1.40 bits per heavy atom. The van der Waals surface area contributed by atoms with E-state index < -0.39 is 0 Å². The Balaban J connectivity index is 2.32. The van der Waals surface area contributed by atoms with E-state index in [-0.39, 0.29) is 23.8 Å². The fourth-order valence-corrected chi connectivity index (χ4v) is 3.76. The van der Waals surface area contributed by atoms with Crippen LogP contribution in [0.2, 0.25) is 0 Å². The monoisotopic (exact) mass is 340 g/mol. The highest BCUT2D eigenvalue weighted by Gasteiger charge is 2.36. The molecule has 1 aromatic rings. The van der Waals surface area contributed by atoms with E-state index in [1.807, 2.05) is 6.07 Å². The van der Waals surface area contributed by atoms with Gasteiger partial charge < -0.3 is 10.5 Å². The van der Waals surface area contributed by atoms with Crippen molar-refractivity contribution >= 4 is 15.9 Å². The molecule has 0 aromatic heterocycles. The van der Waals surface area contributed by atoms with Gasteiger partial charge in [0.2, 0.25) is 0 Å². The molecular formula is C16H25BrN2O. The molecule has 20 heavy (non-hydrogen) atoms. The number of nitrogens with zero attached hydrogens (tertiary/aromatic N) is 1. The third-order valence-electron chi connectivity index (χ3n) is 3.71. The van der Waals surface area contributed by atoms with Crippen molar-refractivity contribution in [3.8, 4) is 0 Å². The van der Waals surface area contributed by atoms with E-state index in [4.69, 9.17) is 10.5 Å². The van der Waals surface area contributed by atoms with Crippen molar-refractivity contribution in [3.05, 3.63) is 34.3 Å². The highest BCUT2D eigenvalue weighted by atomic mass is 79.9. The van der Waals surface area contributed by atoms with Crippen LogP contribution in [0, 0.1) is 0 Å². The highest BCUT2D eigenvalue weighted by molar-refractivity contribution is 9.10. The van der Waals surface area contributed by atoms with E-state index in [0.29, 0.717) is 0 Å². The van der Waals surface area contributed by atoms with Crippen LogP contribution in [0.3, 0.4) is 0 Å². The van der Waals surface area contributed by atoms with Crippen molar-refractivity contribution in [1.29, 1.82) is 0 Å². The maximum absolute atomic E-state index is 6.30. The third kappa shape index (κ3) is 3.61. The van der Waals surface area contributed by atoms with Crippen molar-refractivity contribution in [2.24, 2.45) is 5.73 Å². The third-order valence-corrected chi connectivity index (χ3v) is 4.43. The van der Waals surface area contributed by atoms with E-state index in [9.17, 15) is 0 Å². The molecule has 1 heterocycles. The Morgan fingerprint density at radius 2 is 2.05 bits per heavy atom. The molecule has 1 fully saturated rings. The van der Waals surface area contributed by atoms with Gasteiger partial charge in [-0.25, -0.2) is 0 Å². The second kappa shape index (κ2) is 6.14. The fraction of sp³-hybridized carbons (Fsp3) is 0.625. The van der Waals surface area contributed by atoms with Gasteiger partial charge in [-0.3, -0.25) is 4.90 Å². The van der Waals surface area contributed by atoms with Crippen LogP contribution in [-0.2, 0) is 4.74 Å². The van der Waals surface area contributed by atoms with Crippen LogP contribution in [0.1, 0.15) is 39.3 Å². The van der Waals surface area contributed by atoms with Crippen LogP contribution in [0.5, 0.6) is 0 Å². The molecule has 3 atom stereocenters. The standard InChI is InChI=1S/C16H25BrN2O/c1-11-9-19(10-16(3,4)20-11)15(12(2)18)13-7-5-6-8-14(13)17/h5-8,11-12,15H,9-10,18H2,1-4H3. The molecule has 1 saturated heterocycles. The maximum Gasteiger partial charge on any atom is 0.0757 e. The molecule has 3 unspecified atom stereocenters. The van der Waals surface area contributed by atoms with Crippen LogP contribution < -0.4 is 5.73 Å². The van der Waals surface area contributed by atoms with Crippen molar-refractivity contribution in [1.82, 2.24) is 4.90 Å². The molecule has 2 N–H and O–H groups in total. The lowest BCUT2D eigenvalue weighted by Gasteiger charge is -2.46.